The van der Waals surface area contributed by atoms with Crippen LogP contribution in [0, 0.1) is 10.1 Å². The van der Waals surface area contributed by atoms with Gasteiger partial charge in [-0.1, -0.05) is 19.1 Å². The van der Waals surface area contributed by atoms with Crippen LogP contribution in [0.25, 0.3) is 0 Å². The molecule has 0 aliphatic rings. The summed E-state index contributed by atoms with van der Waals surface area (Å²) < 4.78 is 15.0. The van der Waals surface area contributed by atoms with Gasteiger partial charge in [-0.25, -0.2) is 4.79 Å². The van der Waals surface area contributed by atoms with E-state index in [1.54, 1.807) is 24.3 Å². The molecule has 0 N–H and O–H groups in total. The number of ether oxygens (including phenoxy) is 3. The van der Waals surface area contributed by atoms with Gasteiger partial charge in [0, 0.05) is 18.6 Å². The number of benzene rings is 2. The lowest BCUT2D eigenvalue weighted by Crippen LogP contribution is -2.13. The van der Waals surface area contributed by atoms with Gasteiger partial charge < -0.3 is 14.2 Å². The molecule has 8 nitrogen and oxygen atoms in total. The van der Waals surface area contributed by atoms with E-state index in [0.717, 1.165) is 12.0 Å². The lowest BCUT2D eigenvalue weighted by atomic mass is 10.2. The van der Waals surface area contributed by atoms with Crippen molar-refractivity contribution in [1.29, 1.82) is 0 Å². The van der Waals surface area contributed by atoms with Crippen LogP contribution in [-0.4, -0.2) is 17.0 Å². The maximum Gasteiger partial charge on any atom is 0.519 e. The molecule has 0 aromatic heterocycles. The number of hydrogen-bond acceptors (Lipinski definition) is 7. The molecule has 0 heterocycles. The second-order valence-electron chi connectivity index (χ2n) is 5.26. The molecule has 136 valence electrons. The lowest BCUT2D eigenvalue weighted by molar-refractivity contribution is -0.384. The first-order chi connectivity index (χ1) is 12.5. The standard InChI is InChI=1S/C18H17NO7/c1-2-3-17(20)24-12-13-4-8-15(9-5-13)25-18(21)26-16-10-6-14(7-11-16)19(22)23/h4-11H,2-3,12H2,1H3. The van der Waals surface area contributed by atoms with Crippen LogP contribution in [0.3, 0.4) is 0 Å². The average molecular weight is 359 g/mol. The Labute approximate surface area is 149 Å². The Bertz CT molecular complexity index is 769. The van der Waals surface area contributed by atoms with Gasteiger partial charge in [0.25, 0.3) is 5.69 Å². The van der Waals surface area contributed by atoms with Crippen LogP contribution in [0.2, 0.25) is 0 Å². The fraction of sp³-hybridized carbons (Fsp3) is 0.222. The Morgan fingerprint density at radius 2 is 1.50 bits per heavy atom. The zero-order valence-corrected chi connectivity index (χ0v) is 14.0. The molecule has 2 aromatic carbocycles. The summed E-state index contributed by atoms with van der Waals surface area (Å²) in [5.74, 6) is 0.111. The molecule has 8 heteroatoms. The molecule has 0 aliphatic carbocycles. The number of nitrogens with zero attached hydrogens (tertiary/aromatic N) is 1. The molecule has 2 aromatic rings. The highest BCUT2D eigenvalue weighted by Crippen LogP contribution is 2.19. The zero-order valence-electron chi connectivity index (χ0n) is 14.0. The van der Waals surface area contributed by atoms with Gasteiger partial charge in [-0.2, -0.15) is 0 Å². The molecule has 0 unspecified atom stereocenters. The molecule has 26 heavy (non-hydrogen) atoms. The fourth-order valence-electron chi connectivity index (χ4n) is 1.94. The molecule has 0 bridgehead atoms. The van der Waals surface area contributed by atoms with Gasteiger partial charge in [-0.15, -0.1) is 0 Å². The molecule has 0 amide bonds. The van der Waals surface area contributed by atoms with E-state index in [1.165, 1.54) is 24.3 Å². The smallest absolute Gasteiger partial charge is 0.461 e. The summed E-state index contributed by atoms with van der Waals surface area (Å²) in [6, 6.07) is 11.4. The highest BCUT2D eigenvalue weighted by Gasteiger charge is 2.10. The third-order valence-electron chi connectivity index (χ3n) is 3.23. The van der Waals surface area contributed by atoms with E-state index in [2.05, 4.69) is 0 Å². The van der Waals surface area contributed by atoms with E-state index in [1.807, 2.05) is 6.92 Å². The minimum atomic E-state index is -0.971. The Morgan fingerprint density at radius 3 is 2.00 bits per heavy atom. The number of carbonyl (C=O) groups excluding carboxylic acids is 2. The van der Waals surface area contributed by atoms with Crippen LogP contribution < -0.4 is 9.47 Å². The Balaban J connectivity index is 1.85. The Kier molecular flexibility index (Phi) is 6.67. The summed E-state index contributed by atoms with van der Waals surface area (Å²) in [6.45, 7) is 2.04. The number of rotatable bonds is 7. The highest BCUT2D eigenvalue weighted by molar-refractivity contribution is 5.69. The number of nitro groups is 1. The van der Waals surface area contributed by atoms with E-state index in [9.17, 15) is 19.7 Å². The molecule has 0 fully saturated rings. The van der Waals surface area contributed by atoms with Crippen LogP contribution in [0.1, 0.15) is 25.3 Å². The maximum absolute atomic E-state index is 11.7. The number of esters is 1. The van der Waals surface area contributed by atoms with Crippen LogP contribution >= 0.6 is 0 Å². The predicted molar refractivity (Wildman–Crippen MR) is 90.9 cm³/mol. The fourth-order valence-corrected chi connectivity index (χ4v) is 1.94. The van der Waals surface area contributed by atoms with Gasteiger partial charge in [0.05, 0.1) is 4.92 Å². The highest BCUT2D eigenvalue weighted by atomic mass is 16.7. The van der Waals surface area contributed by atoms with Crippen molar-refractivity contribution in [2.45, 2.75) is 26.4 Å². The SMILES string of the molecule is CCCC(=O)OCc1ccc(OC(=O)Oc2ccc([N+](=O)[O-])cc2)cc1. The van der Waals surface area contributed by atoms with Gasteiger partial charge >= 0.3 is 12.1 Å². The van der Waals surface area contributed by atoms with Gasteiger partial charge in [0.15, 0.2) is 0 Å². The number of hydrogen-bond donors (Lipinski definition) is 0. The Hall–Kier alpha value is -3.42. The van der Waals surface area contributed by atoms with E-state index in [0.29, 0.717) is 6.42 Å². The van der Waals surface area contributed by atoms with E-state index in [-0.39, 0.29) is 29.8 Å². The normalized spacial score (nSPS) is 10.0. The number of non-ortho nitro benzene ring substituents is 1. The molecule has 0 spiro atoms. The number of nitro benzene ring substituents is 1. The van der Waals surface area contributed by atoms with Crippen molar-refractivity contribution < 1.29 is 28.7 Å². The minimum absolute atomic E-state index is 0.110. The van der Waals surface area contributed by atoms with Gasteiger partial charge in [-0.05, 0) is 36.2 Å². The van der Waals surface area contributed by atoms with Crippen LogP contribution in [-0.2, 0) is 16.1 Å². The third-order valence-corrected chi connectivity index (χ3v) is 3.23. The summed E-state index contributed by atoms with van der Waals surface area (Å²) >= 11 is 0. The second-order valence-corrected chi connectivity index (χ2v) is 5.26. The molecule has 0 radical (unpaired) electrons. The molecule has 2 rings (SSSR count). The molecule has 0 aliphatic heterocycles. The average Bonchev–Trinajstić information content (AvgIpc) is 2.62. The van der Waals surface area contributed by atoms with Crippen molar-refractivity contribution >= 4 is 17.8 Å². The largest absolute Gasteiger partial charge is 0.519 e. The van der Waals surface area contributed by atoms with E-state index in [4.69, 9.17) is 14.2 Å². The first-order valence-corrected chi connectivity index (χ1v) is 7.86. The van der Waals surface area contributed by atoms with Gasteiger partial charge in [-0.3, -0.25) is 14.9 Å². The predicted octanol–water partition coefficient (Wildman–Crippen LogP) is 4.02. The van der Waals surface area contributed by atoms with Crippen molar-refractivity contribution in [3.63, 3.8) is 0 Å². The van der Waals surface area contributed by atoms with Crippen molar-refractivity contribution in [1.82, 2.24) is 0 Å². The quantitative estimate of drug-likeness (QED) is 0.318. The zero-order chi connectivity index (χ0) is 18.9. The van der Waals surface area contributed by atoms with E-state index >= 15 is 0 Å². The van der Waals surface area contributed by atoms with Crippen molar-refractivity contribution in [2.24, 2.45) is 0 Å². The van der Waals surface area contributed by atoms with Crippen molar-refractivity contribution in [3.05, 3.63) is 64.2 Å². The molecule has 0 saturated carbocycles. The second kappa shape index (κ2) is 9.16. The summed E-state index contributed by atoms with van der Waals surface area (Å²) in [5, 5.41) is 10.6. The van der Waals surface area contributed by atoms with Crippen LogP contribution in [0.15, 0.2) is 48.5 Å². The first kappa shape index (κ1) is 18.9. The van der Waals surface area contributed by atoms with Crippen molar-refractivity contribution in [2.75, 3.05) is 0 Å². The lowest BCUT2D eigenvalue weighted by Gasteiger charge is -2.07. The van der Waals surface area contributed by atoms with E-state index < -0.39 is 11.1 Å². The summed E-state index contributed by atoms with van der Waals surface area (Å²) in [5.41, 5.74) is 0.645. The van der Waals surface area contributed by atoms with Crippen LogP contribution in [0.4, 0.5) is 10.5 Å². The summed E-state index contributed by atoms with van der Waals surface area (Å²) in [4.78, 5) is 33.1. The molecular weight excluding hydrogens is 342 g/mol. The number of carbonyl (C=O) groups is 2. The van der Waals surface area contributed by atoms with Crippen molar-refractivity contribution in [3.8, 4) is 11.5 Å². The summed E-state index contributed by atoms with van der Waals surface area (Å²) in [7, 11) is 0. The first-order valence-electron chi connectivity index (χ1n) is 7.86. The van der Waals surface area contributed by atoms with Gasteiger partial charge in [0.1, 0.15) is 18.1 Å². The maximum atomic E-state index is 11.7. The summed E-state index contributed by atoms with van der Waals surface area (Å²) in [6.07, 6.45) is 0.124. The van der Waals surface area contributed by atoms with Crippen LogP contribution in [0.5, 0.6) is 11.5 Å². The molecular formula is C18H17NO7. The third kappa shape index (κ3) is 5.90. The monoisotopic (exact) mass is 359 g/mol. The molecule has 0 saturated heterocycles. The minimum Gasteiger partial charge on any atom is -0.461 e. The molecule has 0 atom stereocenters. The topological polar surface area (TPSA) is 105 Å². The van der Waals surface area contributed by atoms with Gasteiger partial charge in [0.2, 0.25) is 0 Å². The Morgan fingerprint density at radius 1 is 0.962 bits per heavy atom.